The monoisotopic (exact) mass is 370 g/mol. The maximum absolute atomic E-state index is 12.6. The highest BCUT2D eigenvalue weighted by atomic mass is 32.1. The van der Waals surface area contributed by atoms with Crippen LogP contribution in [0.5, 0.6) is 0 Å². The fourth-order valence-corrected chi connectivity index (χ4v) is 4.01. The summed E-state index contributed by atoms with van der Waals surface area (Å²) in [6.07, 6.45) is 2.01. The summed E-state index contributed by atoms with van der Waals surface area (Å²) in [5.74, 6) is -0.117. The van der Waals surface area contributed by atoms with Gasteiger partial charge in [-0.3, -0.25) is 10.1 Å². The second kappa shape index (κ2) is 6.11. The van der Waals surface area contributed by atoms with Crippen molar-refractivity contribution in [1.82, 2.24) is 14.6 Å². The van der Waals surface area contributed by atoms with Crippen LogP contribution in [-0.4, -0.2) is 31.6 Å². The summed E-state index contributed by atoms with van der Waals surface area (Å²) in [6, 6.07) is 8.85. The third kappa shape index (κ3) is 2.79. The van der Waals surface area contributed by atoms with Crippen molar-refractivity contribution in [3.63, 3.8) is 0 Å². The Morgan fingerprint density at radius 3 is 2.84 bits per heavy atom. The van der Waals surface area contributed by atoms with E-state index in [-0.39, 0.29) is 5.78 Å². The maximum Gasteiger partial charge on any atom is 0.409 e. The van der Waals surface area contributed by atoms with Crippen LogP contribution in [0.1, 0.15) is 15.2 Å². The molecule has 4 aromatic rings. The maximum atomic E-state index is 12.6. The third-order valence-electron chi connectivity index (χ3n) is 3.48. The normalized spacial score (nSPS) is 10.9. The lowest BCUT2D eigenvalue weighted by Gasteiger charge is -2.02. The Labute approximate surface area is 149 Å². The molecule has 7 nitrogen and oxygen atoms in total. The van der Waals surface area contributed by atoms with E-state index in [9.17, 15) is 9.59 Å². The van der Waals surface area contributed by atoms with Gasteiger partial charge in [-0.1, -0.05) is 6.07 Å². The van der Waals surface area contributed by atoms with Crippen LogP contribution in [0.15, 0.2) is 48.1 Å². The lowest BCUT2D eigenvalue weighted by molar-refractivity contribution is 0.104. The van der Waals surface area contributed by atoms with Crippen molar-refractivity contribution in [3.05, 3.63) is 58.5 Å². The van der Waals surface area contributed by atoms with Crippen LogP contribution in [0.25, 0.3) is 16.2 Å². The number of thiophene rings is 2. The second-order valence-electron chi connectivity index (χ2n) is 5.02. The Hall–Kier alpha value is -3.04. The van der Waals surface area contributed by atoms with E-state index >= 15 is 0 Å². The van der Waals surface area contributed by atoms with Crippen molar-refractivity contribution in [2.45, 2.75) is 0 Å². The van der Waals surface area contributed by atoms with Crippen LogP contribution in [0.3, 0.4) is 0 Å². The number of fused-ring (bicyclic) bond motifs is 1. The lowest BCUT2D eigenvalue weighted by Crippen LogP contribution is -2.05. The number of hydrogen-bond donors (Lipinski definition) is 2. The Balaban J connectivity index is 1.78. The van der Waals surface area contributed by atoms with Gasteiger partial charge in [-0.05, 0) is 29.6 Å². The number of rotatable bonds is 4. The van der Waals surface area contributed by atoms with E-state index < -0.39 is 6.09 Å². The number of carbonyl (C=O) groups excluding carboxylic acids is 1. The molecule has 1 amide bonds. The SMILES string of the molecule is O=C(O)Nc1ccc(-c2ccnc3c(C(=O)c4cccs4)cnn23)s1. The Bertz CT molecular complexity index is 1080. The molecule has 0 aliphatic carbocycles. The number of carbonyl (C=O) groups is 2. The number of hydrogen-bond acceptors (Lipinski definition) is 6. The topological polar surface area (TPSA) is 96.6 Å². The van der Waals surface area contributed by atoms with Crippen LogP contribution < -0.4 is 5.32 Å². The first-order valence-electron chi connectivity index (χ1n) is 7.14. The molecule has 4 heterocycles. The predicted octanol–water partition coefficient (Wildman–Crippen LogP) is 3.84. The zero-order valence-electron chi connectivity index (χ0n) is 12.5. The average molecular weight is 370 g/mol. The second-order valence-corrected chi connectivity index (χ2v) is 7.06. The Morgan fingerprint density at radius 2 is 2.08 bits per heavy atom. The molecule has 9 heteroatoms. The van der Waals surface area contributed by atoms with Gasteiger partial charge in [0.15, 0.2) is 5.65 Å². The van der Waals surface area contributed by atoms with E-state index in [0.717, 1.165) is 10.6 Å². The van der Waals surface area contributed by atoms with Crippen LogP contribution in [-0.2, 0) is 0 Å². The van der Waals surface area contributed by atoms with Crippen LogP contribution in [0, 0.1) is 0 Å². The first-order chi connectivity index (χ1) is 12.1. The van der Waals surface area contributed by atoms with Gasteiger partial charge in [0.2, 0.25) is 5.78 Å². The van der Waals surface area contributed by atoms with E-state index in [0.29, 0.717) is 21.1 Å². The van der Waals surface area contributed by atoms with Gasteiger partial charge in [0.05, 0.1) is 32.2 Å². The minimum Gasteiger partial charge on any atom is -0.465 e. The average Bonchev–Trinajstić information content (AvgIpc) is 3.33. The number of amides is 1. The number of nitrogens with zero attached hydrogens (tertiary/aromatic N) is 3. The number of nitrogens with one attached hydrogen (secondary N) is 1. The van der Waals surface area contributed by atoms with Crippen molar-refractivity contribution >= 4 is 45.2 Å². The first-order valence-corrected chi connectivity index (χ1v) is 8.84. The lowest BCUT2D eigenvalue weighted by atomic mass is 10.2. The van der Waals surface area contributed by atoms with Crippen LogP contribution >= 0.6 is 22.7 Å². The van der Waals surface area contributed by atoms with Gasteiger partial charge < -0.3 is 5.11 Å². The van der Waals surface area contributed by atoms with Crippen LogP contribution in [0.2, 0.25) is 0 Å². The summed E-state index contributed by atoms with van der Waals surface area (Å²) in [5.41, 5.74) is 1.64. The fourth-order valence-electron chi connectivity index (χ4n) is 2.43. The molecule has 0 bridgehead atoms. The smallest absolute Gasteiger partial charge is 0.409 e. The summed E-state index contributed by atoms with van der Waals surface area (Å²) in [7, 11) is 0. The zero-order valence-corrected chi connectivity index (χ0v) is 14.2. The molecule has 0 unspecified atom stereocenters. The van der Waals surface area contributed by atoms with Crippen molar-refractivity contribution in [2.24, 2.45) is 0 Å². The van der Waals surface area contributed by atoms with E-state index in [4.69, 9.17) is 5.11 Å². The summed E-state index contributed by atoms with van der Waals surface area (Å²) < 4.78 is 1.59. The van der Waals surface area contributed by atoms with Crippen LogP contribution in [0.4, 0.5) is 9.80 Å². The molecule has 0 spiro atoms. The molecule has 25 heavy (non-hydrogen) atoms. The minimum absolute atomic E-state index is 0.117. The predicted molar refractivity (Wildman–Crippen MR) is 95.7 cm³/mol. The molecule has 4 rings (SSSR count). The summed E-state index contributed by atoms with van der Waals surface area (Å²) in [6.45, 7) is 0. The summed E-state index contributed by atoms with van der Waals surface area (Å²) in [5, 5.41) is 17.8. The van der Waals surface area contributed by atoms with Crippen molar-refractivity contribution in [2.75, 3.05) is 5.32 Å². The van der Waals surface area contributed by atoms with Gasteiger partial charge in [-0.15, -0.1) is 22.7 Å². The Kier molecular flexibility index (Phi) is 3.79. The van der Waals surface area contributed by atoms with Crippen molar-refractivity contribution in [3.8, 4) is 10.6 Å². The molecule has 0 aromatic carbocycles. The molecule has 2 N–H and O–H groups in total. The van der Waals surface area contributed by atoms with Gasteiger partial charge in [0.25, 0.3) is 0 Å². The van der Waals surface area contributed by atoms with Crippen molar-refractivity contribution in [1.29, 1.82) is 0 Å². The zero-order chi connectivity index (χ0) is 17.4. The van der Waals surface area contributed by atoms with Gasteiger partial charge in [-0.2, -0.15) is 5.10 Å². The number of anilines is 1. The van der Waals surface area contributed by atoms with E-state index in [1.807, 2.05) is 11.4 Å². The molecule has 0 atom stereocenters. The molecular weight excluding hydrogens is 360 g/mol. The quantitative estimate of drug-likeness (QED) is 0.532. The largest absolute Gasteiger partial charge is 0.465 e. The van der Waals surface area contributed by atoms with Gasteiger partial charge in [0, 0.05) is 6.20 Å². The highest BCUT2D eigenvalue weighted by Gasteiger charge is 2.19. The molecule has 0 saturated heterocycles. The van der Waals surface area contributed by atoms with Crippen molar-refractivity contribution < 1.29 is 14.7 Å². The minimum atomic E-state index is -1.11. The van der Waals surface area contributed by atoms with Gasteiger partial charge in [-0.25, -0.2) is 14.3 Å². The Morgan fingerprint density at radius 1 is 1.20 bits per heavy atom. The summed E-state index contributed by atoms with van der Waals surface area (Å²) >= 11 is 2.65. The number of carboxylic acid groups (broad SMARTS) is 1. The molecule has 0 aliphatic rings. The molecule has 124 valence electrons. The van der Waals surface area contributed by atoms with E-state index in [1.165, 1.54) is 28.9 Å². The van der Waals surface area contributed by atoms with Gasteiger partial charge >= 0.3 is 6.09 Å². The molecule has 0 fully saturated rings. The number of ketones is 1. The fraction of sp³-hybridized carbons (Fsp3) is 0. The molecule has 0 aliphatic heterocycles. The standard InChI is InChI=1S/C16H10N4O3S2/c21-14(12-2-1-7-24-12)9-8-18-20-10(5-6-17-15(9)20)11-3-4-13(25-11)19-16(22)23/h1-8,19H,(H,22,23). The molecule has 0 radical (unpaired) electrons. The highest BCUT2D eigenvalue weighted by molar-refractivity contribution is 7.19. The van der Waals surface area contributed by atoms with Gasteiger partial charge in [0.1, 0.15) is 0 Å². The molecule has 0 saturated carbocycles. The molecular formula is C16H10N4O3S2. The highest BCUT2D eigenvalue weighted by Crippen LogP contribution is 2.32. The molecule has 4 aromatic heterocycles. The third-order valence-corrected chi connectivity index (χ3v) is 5.37. The number of aromatic nitrogens is 3. The summed E-state index contributed by atoms with van der Waals surface area (Å²) in [4.78, 5) is 29.1. The van der Waals surface area contributed by atoms with E-state index in [1.54, 1.807) is 35.0 Å². The van der Waals surface area contributed by atoms with E-state index in [2.05, 4.69) is 15.4 Å². The first kappa shape index (κ1) is 15.5.